The van der Waals surface area contributed by atoms with Crippen molar-refractivity contribution in [1.29, 1.82) is 0 Å². The molecule has 0 bridgehead atoms. The van der Waals surface area contributed by atoms with Crippen LogP contribution >= 0.6 is 0 Å². The minimum Gasteiger partial charge on any atom is -0.270 e. The maximum absolute atomic E-state index is 10.6. The first-order valence-corrected chi connectivity index (χ1v) is 5.44. The Balaban J connectivity index is 3.95. The predicted octanol–water partition coefficient (Wildman–Crippen LogP) is 1.12. The van der Waals surface area contributed by atoms with Crippen LogP contribution in [0.15, 0.2) is 29.4 Å². The van der Waals surface area contributed by atoms with E-state index in [0.717, 1.165) is 6.26 Å². The molecule has 74 valence electrons. The molecule has 0 aromatic rings. The van der Waals surface area contributed by atoms with E-state index < -0.39 is 10.1 Å². The average Bonchev–Trinajstić information content (AvgIpc) is 2.01. The summed E-state index contributed by atoms with van der Waals surface area (Å²) in [5.74, 6) is 0. The van der Waals surface area contributed by atoms with Crippen molar-refractivity contribution >= 4 is 16.8 Å². The predicted molar refractivity (Wildman–Crippen MR) is 53.2 cm³/mol. The fraction of sp³-hybridized carbons (Fsp3) is 0.375. The number of hydrogen-bond donors (Lipinski definition) is 0. The molecule has 13 heavy (non-hydrogen) atoms. The van der Waals surface area contributed by atoms with Crippen molar-refractivity contribution in [2.24, 2.45) is 4.99 Å². The molecule has 0 aliphatic rings. The zero-order valence-electron chi connectivity index (χ0n) is 7.56. The maximum atomic E-state index is 10.6. The van der Waals surface area contributed by atoms with Gasteiger partial charge in [0.15, 0.2) is 0 Å². The molecule has 0 aromatic heterocycles. The third-order valence-electron chi connectivity index (χ3n) is 1.17. The Hall–Kier alpha value is -0.940. The Morgan fingerprint density at radius 3 is 2.62 bits per heavy atom. The molecule has 0 radical (unpaired) electrons. The third kappa shape index (κ3) is 7.42. The van der Waals surface area contributed by atoms with Gasteiger partial charge in [-0.05, 0) is 12.8 Å². The van der Waals surface area contributed by atoms with E-state index in [1.54, 1.807) is 12.2 Å². The van der Waals surface area contributed by atoms with Crippen molar-refractivity contribution in [1.82, 2.24) is 0 Å². The van der Waals surface area contributed by atoms with Crippen LogP contribution < -0.4 is 0 Å². The van der Waals surface area contributed by atoms with Crippen LogP contribution in [0, 0.1) is 0 Å². The molecule has 0 spiro atoms. The summed E-state index contributed by atoms with van der Waals surface area (Å²) in [6.07, 6.45) is 4.62. The Kier molecular flexibility index (Phi) is 5.25. The highest BCUT2D eigenvalue weighted by atomic mass is 32.2. The van der Waals surface area contributed by atoms with Crippen molar-refractivity contribution in [3.63, 3.8) is 0 Å². The number of aliphatic imine (C=N–C) groups is 1. The standard InChI is InChI=1S/C8H13NO3S/c1-4-5-8(9-2)6-7-12-13(3,10)11/h4-5H,1-2,6-7H2,3H3/b8-5-. The third-order valence-corrected chi connectivity index (χ3v) is 1.76. The second kappa shape index (κ2) is 5.66. The van der Waals surface area contributed by atoms with Gasteiger partial charge in [0.05, 0.1) is 12.9 Å². The van der Waals surface area contributed by atoms with E-state index in [-0.39, 0.29) is 6.61 Å². The molecule has 0 amide bonds. The number of nitrogens with zero attached hydrogens (tertiary/aromatic N) is 1. The van der Waals surface area contributed by atoms with Crippen LogP contribution in [0.4, 0.5) is 0 Å². The van der Waals surface area contributed by atoms with Gasteiger partial charge in [-0.15, -0.1) is 0 Å². The van der Waals surface area contributed by atoms with Crippen molar-refractivity contribution in [2.45, 2.75) is 6.42 Å². The zero-order chi connectivity index (χ0) is 10.3. The summed E-state index contributed by atoms with van der Waals surface area (Å²) < 4.78 is 25.6. The van der Waals surface area contributed by atoms with E-state index in [0.29, 0.717) is 12.1 Å². The van der Waals surface area contributed by atoms with E-state index >= 15 is 0 Å². The molecule has 0 atom stereocenters. The lowest BCUT2D eigenvalue weighted by Gasteiger charge is -2.00. The molecular formula is C8H13NO3S. The van der Waals surface area contributed by atoms with Crippen LogP contribution in [0.5, 0.6) is 0 Å². The lowest BCUT2D eigenvalue weighted by molar-refractivity contribution is 0.325. The molecule has 0 aliphatic heterocycles. The molecule has 0 aliphatic carbocycles. The molecule has 0 saturated heterocycles. The SMILES string of the molecule is C=C/C=C(/CCOS(C)(=O)=O)N=C. The topological polar surface area (TPSA) is 55.7 Å². The Labute approximate surface area is 78.8 Å². The van der Waals surface area contributed by atoms with Gasteiger partial charge in [0.2, 0.25) is 0 Å². The largest absolute Gasteiger partial charge is 0.270 e. The van der Waals surface area contributed by atoms with Crippen molar-refractivity contribution in [3.8, 4) is 0 Å². The minimum absolute atomic E-state index is 0.0809. The van der Waals surface area contributed by atoms with E-state index in [4.69, 9.17) is 0 Å². The quantitative estimate of drug-likeness (QED) is 0.369. The lowest BCUT2D eigenvalue weighted by atomic mass is 10.3. The highest BCUT2D eigenvalue weighted by molar-refractivity contribution is 7.85. The van der Waals surface area contributed by atoms with Crippen molar-refractivity contribution in [2.75, 3.05) is 12.9 Å². The van der Waals surface area contributed by atoms with Gasteiger partial charge in [0.1, 0.15) is 0 Å². The van der Waals surface area contributed by atoms with Gasteiger partial charge in [-0.25, -0.2) is 0 Å². The van der Waals surface area contributed by atoms with Gasteiger partial charge in [-0.3, -0.25) is 9.18 Å². The normalized spacial score (nSPS) is 12.5. The molecule has 0 aromatic carbocycles. The molecule has 0 heterocycles. The number of allylic oxidation sites excluding steroid dienone is 2. The highest BCUT2D eigenvalue weighted by Gasteiger charge is 2.01. The fourth-order valence-electron chi connectivity index (χ4n) is 0.649. The first-order valence-electron chi connectivity index (χ1n) is 3.62. The van der Waals surface area contributed by atoms with E-state index in [2.05, 4.69) is 22.5 Å². The van der Waals surface area contributed by atoms with Crippen LogP contribution in [0.2, 0.25) is 0 Å². The highest BCUT2D eigenvalue weighted by Crippen LogP contribution is 2.03. The maximum Gasteiger partial charge on any atom is 0.264 e. The van der Waals surface area contributed by atoms with Crippen LogP contribution in [-0.2, 0) is 14.3 Å². The van der Waals surface area contributed by atoms with Gasteiger partial charge < -0.3 is 0 Å². The second-order valence-corrected chi connectivity index (χ2v) is 3.97. The first-order chi connectivity index (χ1) is 5.99. The van der Waals surface area contributed by atoms with Crippen molar-refractivity contribution < 1.29 is 12.6 Å². The molecule has 4 nitrogen and oxygen atoms in total. The summed E-state index contributed by atoms with van der Waals surface area (Å²) in [7, 11) is -3.36. The van der Waals surface area contributed by atoms with Gasteiger partial charge in [-0.1, -0.05) is 12.7 Å². The molecule has 0 rings (SSSR count). The molecule has 0 N–H and O–H groups in total. The molecule has 0 fully saturated rings. The van der Waals surface area contributed by atoms with Gasteiger partial charge in [0.25, 0.3) is 10.1 Å². The second-order valence-electron chi connectivity index (χ2n) is 2.33. The molecule has 5 heteroatoms. The van der Waals surface area contributed by atoms with Crippen LogP contribution in [0.25, 0.3) is 0 Å². The Morgan fingerprint density at radius 2 is 2.23 bits per heavy atom. The Bertz CT molecular complexity index is 303. The minimum atomic E-state index is -3.36. The summed E-state index contributed by atoms with van der Waals surface area (Å²) >= 11 is 0. The van der Waals surface area contributed by atoms with Gasteiger partial charge >= 0.3 is 0 Å². The number of rotatable bonds is 6. The smallest absolute Gasteiger partial charge is 0.264 e. The van der Waals surface area contributed by atoms with Gasteiger partial charge in [0, 0.05) is 12.1 Å². The van der Waals surface area contributed by atoms with Crippen LogP contribution in [0.3, 0.4) is 0 Å². The van der Waals surface area contributed by atoms with E-state index in [1.807, 2.05) is 0 Å². The molecule has 0 unspecified atom stereocenters. The van der Waals surface area contributed by atoms with E-state index in [1.165, 1.54) is 0 Å². The summed E-state index contributed by atoms with van der Waals surface area (Å²) in [6.45, 7) is 6.89. The summed E-state index contributed by atoms with van der Waals surface area (Å²) in [4.78, 5) is 3.66. The number of hydrogen-bond acceptors (Lipinski definition) is 4. The Morgan fingerprint density at radius 1 is 1.62 bits per heavy atom. The van der Waals surface area contributed by atoms with Crippen LogP contribution in [-0.4, -0.2) is 28.0 Å². The summed E-state index contributed by atoms with van der Waals surface area (Å²) in [5.41, 5.74) is 0.652. The average molecular weight is 203 g/mol. The fourth-order valence-corrected chi connectivity index (χ4v) is 1.03. The van der Waals surface area contributed by atoms with E-state index in [9.17, 15) is 8.42 Å². The zero-order valence-corrected chi connectivity index (χ0v) is 8.38. The van der Waals surface area contributed by atoms with Crippen LogP contribution in [0.1, 0.15) is 6.42 Å². The lowest BCUT2D eigenvalue weighted by Crippen LogP contribution is -2.04. The van der Waals surface area contributed by atoms with Gasteiger partial charge in [-0.2, -0.15) is 8.42 Å². The summed E-state index contributed by atoms with van der Waals surface area (Å²) in [5, 5.41) is 0. The first kappa shape index (κ1) is 12.1. The molecular weight excluding hydrogens is 190 g/mol. The van der Waals surface area contributed by atoms with Crippen molar-refractivity contribution in [3.05, 3.63) is 24.4 Å². The summed E-state index contributed by atoms with van der Waals surface area (Å²) in [6, 6.07) is 0. The monoisotopic (exact) mass is 203 g/mol. The molecule has 0 saturated carbocycles.